The second-order valence-corrected chi connectivity index (χ2v) is 12.9. The van der Waals surface area contributed by atoms with Crippen molar-refractivity contribution in [3.8, 4) is 45.4 Å². The largest absolute Gasteiger partial charge is 0.456 e. The Bertz CT molecular complexity index is 2860. The molecule has 5 nitrogen and oxygen atoms in total. The summed E-state index contributed by atoms with van der Waals surface area (Å²) in [4.78, 5) is 20.5. The number of benzene rings is 6. The van der Waals surface area contributed by atoms with Gasteiger partial charge in [-0.15, -0.1) is 11.3 Å². The number of nitrogens with zero attached hydrogens (tertiary/aromatic N) is 4. The summed E-state index contributed by atoms with van der Waals surface area (Å²) >= 11 is 1.80. The molecule has 0 fully saturated rings. The van der Waals surface area contributed by atoms with Crippen molar-refractivity contribution < 1.29 is 4.42 Å². The van der Waals surface area contributed by atoms with Crippen molar-refractivity contribution >= 4 is 64.4 Å². The minimum Gasteiger partial charge on any atom is -0.456 e. The molecule has 4 heterocycles. The summed E-state index contributed by atoms with van der Waals surface area (Å²) in [7, 11) is 0. The van der Waals surface area contributed by atoms with Crippen molar-refractivity contribution in [2.75, 3.05) is 0 Å². The first-order valence-corrected chi connectivity index (χ1v) is 16.6. The van der Waals surface area contributed by atoms with Crippen molar-refractivity contribution in [1.82, 2.24) is 19.9 Å². The van der Waals surface area contributed by atoms with Gasteiger partial charge in [0.1, 0.15) is 11.2 Å². The third-order valence-corrected chi connectivity index (χ3v) is 10.1. The van der Waals surface area contributed by atoms with Gasteiger partial charge in [0.15, 0.2) is 17.5 Å². The zero-order chi connectivity index (χ0) is 31.6. The molecule has 6 aromatic carbocycles. The quantitative estimate of drug-likeness (QED) is 0.193. The minimum atomic E-state index is 0.594. The van der Waals surface area contributed by atoms with E-state index in [0.29, 0.717) is 17.5 Å². The maximum atomic E-state index is 6.22. The number of furan rings is 1. The summed E-state index contributed by atoms with van der Waals surface area (Å²) in [5.41, 5.74) is 7.32. The summed E-state index contributed by atoms with van der Waals surface area (Å²) < 4.78 is 8.67. The average molecular weight is 633 g/mol. The van der Waals surface area contributed by atoms with Crippen LogP contribution in [0.25, 0.3) is 98.4 Å². The standard InChI is InChI=1S/C42H24N4OS/c1-2-12-25(13-3-1)40-44-41(46-42(45-40)32-20-11-22-34-36(32)30-18-6-8-21-33(30)47-34)27-15-10-14-26(24-27)37-28-16-4-5-17-29(28)39-38(43-37)31-19-7-9-23-35(31)48-39/h1-24H. The first-order chi connectivity index (χ1) is 23.8. The number of hydrogen-bond acceptors (Lipinski definition) is 6. The lowest BCUT2D eigenvalue weighted by Crippen LogP contribution is -2.00. The van der Waals surface area contributed by atoms with Gasteiger partial charge < -0.3 is 4.42 Å². The van der Waals surface area contributed by atoms with Crippen molar-refractivity contribution in [3.05, 3.63) is 146 Å². The van der Waals surface area contributed by atoms with Crippen molar-refractivity contribution in [3.63, 3.8) is 0 Å². The highest BCUT2D eigenvalue weighted by molar-refractivity contribution is 7.26. The summed E-state index contributed by atoms with van der Waals surface area (Å²) in [6, 6.07) is 49.7. The van der Waals surface area contributed by atoms with E-state index < -0.39 is 0 Å². The van der Waals surface area contributed by atoms with Crippen molar-refractivity contribution in [1.29, 1.82) is 0 Å². The molecule has 0 atom stereocenters. The summed E-state index contributed by atoms with van der Waals surface area (Å²) in [5.74, 6) is 1.80. The fourth-order valence-electron chi connectivity index (χ4n) is 6.71. The molecule has 4 aromatic heterocycles. The first kappa shape index (κ1) is 26.9. The number of para-hydroxylation sites is 1. The van der Waals surface area contributed by atoms with Crippen LogP contribution in [0.15, 0.2) is 150 Å². The van der Waals surface area contributed by atoms with E-state index in [9.17, 15) is 0 Å². The molecular weight excluding hydrogens is 609 g/mol. The molecule has 0 N–H and O–H groups in total. The Kier molecular flexibility index (Phi) is 5.98. The molecule has 0 aliphatic rings. The number of fused-ring (bicyclic) bond motifs is 8. The third kappa shape index (κ3) is 4.24. The predicted molar refractivity (Wildman–Crippen MR) is 197 cm³/mol. The van der Waals surface area contributed by atoms with Gasteiger partial charge in [0.2, 0.25) is 0 Å². The Balaban J connectivity index is 1.20. The molecular formula is C42H24N4OS. The molecule has 0 spiro atoms. The molecule has 0 radical (unpaired) electrons. The highest BCUT2D eigenvalue weighted by Gasteiger charge is 2.19. The highest BCUT2D eigenvalue weighted by atomic mass is 32.1. The lowest BCUT2D eigenvalue weighted by atomic mass is 10.0. The van der Waals surface area contributed by atoms with Crippen LogP contribution < -0.4 is 0 Å². The summed E-state index contributed by atoms with van der Waals surface area (Å²) in [6.45, 7) is 0. The van der Waals surface area contributed by atoms with Gasteiger partial charge in [0, 0.05) is 53.9 Å². The number of aromatic nitrogens is 4. The Hall–Kier alpha value is -6.24. The van der Waals surface area contributed by atoms with E-state index in [1.807, 2.05) is 60.7 Å². The van der Waals surface area contributed by atoms with Crippen LogP contribution in [-0.4, -0.2) is 19.9 Å². The van der Waals surface area contributed by atoms with Gasteiger partial charge in [-0.2, -0.15) is 0 Å². The maximum Gasteiger partial charge on any atom is 0.164 e. The molecule has 0 saturated carbocycles. The van der Waals surface area contributed by atoms with Crippen LogP contribution in [0, 0.1) is 0 Å². The van der Waals surface area contributed by atoms with Gasteiger partial charge in [-0.3, -0.25) is 0 Å². The van der Waals surface area contributed by atoms with Gasteiger partial charge in [0.25, 0.3) is 0 Å². The zero-order valence-corrected chi connectivity index (χ0v) is 26.3. The topological polar surface area (TPSA) is 64.7 Å². The molecule has 10 rings (SSSR count). The Labute approximate surface area is 278 Å². The fourth-order valence-corrected chi connectivity index (χ4v) is 7.89. The van der Waals surface area contributed by atoms with Crippen molar-refractivity contribution in [2.45, 2.75) is 0 Å². The summed E-state index contributed by atoms with van der Waals surface area (Å²) in [5, 5.41) is 5.52. The van der Waals surface area contributed by atoms with Crippen LogP contribution in [-0.2, 0) is 0 Å². The smallest absolute Gasteiger partial charge is 0.164 e. The predicted octanol–water partition coefficient (Wildman–Crippen LogP) is 11.4. The van der Waals surface area contributed by atoms with E-state index in [1.165, 1.54) is 20.2 Å². The van der Waals surface area contributed by atoms with E-state index >= 15 is 0 Å². The minimum absolute atomic E-state index is 0.594. The normalized spacial score (nSPS) is 11.8. The second kappa shape index (κ2) is 10.7. The van der Waals surface area contributed by atoms with Gasteiger partial charge in [0.05, 0.1) is 15.9 Å². The Morgan fingerprint density at radius 1 is 0.438 bits per heavy atom. The van der Waals surface area contributed by atoms with Crippen LogP contribution in [0.2, 0.25) is 0 Å². The molecule has 0 bridgehead atoms. The average Bonchev–Trinajstić information content (AvgIpc) is 3.73. The van der Waals surface area contributed by atoms with Gasteiger partial charge in [-0.25, -0.2) is 19.9 Å². The van der Waals surface area contributed by atoms with Crippen LogP contribution in [0.1, 0.15) is 0 Å². The molecule has 0 unspecified atom stereocenters. The lowest BCUT2D eigenvalue weighted by Gasteiger charge is -2.11. The van der Waals surface area contributed by atoms with E-state index in [1.54, 1.807) is 11.3 Å². The van der Waals surface area contributed by atoms with Crippen LogP contribution in [0.4, 0.5) is 0 Å². The van der Waals surface area contributed by atoms with E-state index in [-0.39, 0.29) is 0 Å². The number of hydrogen-bond donors (Lipinski definition) is 0. The molecule has 10 aromatic rings. The Morgan fingerprint density at radius 3 is 1.94 bits per heavy atom. The molecule has 224 valence electrons. The first-order valence-electron chi connectivity index (χ1n) is 15.8. The molecule has 0 amide bonds. The molecule has 0 saturated heterocycles. The van der Waals surface area contributed by atoms with Gasteiger partial charge >= 0.3 is 0 Å². The lowest BCUT2D eigenvalue weighted by molar-refractivity contribution is 0.669. The molecule has 48 heavy (non-hydrogen) atoms. The number of pyridine rings is 1. The maximum absolute atomic E-state index is 6.22. The van der Waals surface area contributed by atoms with Gasteiger partial charge in [-0.05, 0) is 24.3 Å². The van der Waals surface area contributed by atoms with E-state index in [0.717, 1.165) is 60.8 Å². The third-order valence-electron chi connectivity index (χ3n) is 8.92. The van der Waals surface area contributed by atoms with Crippen LogP contribution in [0.3, 0.4) is 0 Å². The second-order valence-electron chi connectivity index (χ2n) is 11.8. The summed E-state index contributed by atoms with van der Waals surface area (Å²) in [6.07, 6.45) is 0. The SMILES string of the molecule is c1ccc(-c2nc(-c3cccc(-c4nc5c6ccccc6sc5c5ccccc45)c3)nc(-c3cccc4oc5ccccc5c34)n2)cc1. The van der Waals surface area contributed by atoms with E-state index in [4.69, 9.17) is 24.4 Å². The molecule has 6 heteroatoms. The number of thiophene rings is 1. The number of rotatable bonds is 4. The van der Waals surface area contributed by atoms with E-state index in [2.05, 4.69) is 84.9 Å². The highest BCUT2D eigenvalue weighted by Crippen LogP contribution is 2.41. The van der Waals surface area contributed by atoms with Crippen LogP contribution >= 0.6 is 11.3 Å². The monoisotopic (exact) mass is 632 g/mol. The Morgan fingerprint density at radius 2 is 1.06 bits per heavy atom. The fraction of sp³-hybridized carbons (Fsp3) is 0. The van der Waals surface area contributed by atoms with Crippen LogP contribution in [0.5, 0.6) is 0 Å². The molecule has 0 aliphatic heterocycles. The van der Waals surface area contributed by atoms with Gasteiger partial charge in [-0.1, -0.05) is 121 Å². The molecule has 0 aliphatic carbocycles. The van der Waals surface area contributed by atoms with Crippen molar-refractivity contribution in [2.24, 2.45) is 0 Å². The zero-order valence-electron chi connectivity index (χ0n) is 25.5.